The lowest BCUT2D eigenvalue weighted by Crippen LogP contribution is -2.39. The smallest absolute Gasteiger partial charge is 0.265 e. The van der Waals surface area contributed by atoms with Crippen LogP contribution in [0.15, 0.2) is 18.2 Å². The number of hydrogen-bond donors (Lipinski definition) is 1. The van der Waals surface area contributed by atoms with E-state index < -0.39 is 0 Å². The number of amides is 1. The molecular weight excluding hydrogens is 266 g/mol. The van der Waals surface area contributed by atoms with Gasteiger partial charge in [-0.05, 0) is 44.9 Å². The van der Waals surface area contributed by atoms with E-state index in [0.717, 1.165) is 24.9 Å². The molecule has 0 bridgehead atoms. The lowest BCUT2D eigenvalue weighted by molar-refractivity contribution is -0.121. The van der Waals surface area contributed by atoms with Gasteiger partial charge in [0.2, 0.25) is 0 Å². The fourth-order valence-electron chi connectivity index (χ4n) is 2.36. The van der Waals surface area contributed by atoms with Crippen molar-refractivity contribution in [1.82, 2.24) is 0 Å². The second-order valence-electron chi connectivity index (χ2n) is 6.01. The van der Waals surface area contributed by atoms with Gasteiger partial charge in [-0.25, -0.2) is 0 Å². The first-order valence-electron chi connectivity index (χ1n) is 7.17. The summed E-state index contributed by atoms with van der Waals surface area (Å²) in [5.74, 6) is 0.647. The highest BCUT2D eigenvalue weighted by molar-refractivity contribution is 5.98. The molecule has 0 radical (unpaired) electrons. The number of carbonyl (C=O) groups is 1. The van der Waals surface area contributed by atoms with Crippen LogP contribution >= 0.6 is 0 Å². The van der Waals surface area contributed by atoms with E-state index in [2.05, 4.69) is 6.07 Å². The van der Waals surface area contributed by atoms with Crippen molar-refractivity contribution in [3.63, 3.8) is 0 Å². The topological polar surface area (TPSA) is 79.3 Å². The number of unbranched alkanes of at least 4 members (excludes halogenated alkanes) is 1. The number of nitrogens with two attached hydrogens (primary N) is 1. The third-order valence-electron chi connectivity index (χ3n) is 3.66. The van der Waals surface area contributed by atoms with Gasteiger partial charge in [0.05, 0.1) is 17.2 Å². The Morgan fingerprint density at radius 2 is 2.19 bits per heavy atom. The van der Waals surface area contributed by atoms with Crippen LogP contribution in [0.4, 0.5) is 11.4 Å². The molecule has 0 aromatic heterocycles. The Bertz CT molecular complexity index is 575. The average Bonchev–Trinajstić information content (AvgIpc) is 2.45. The highest BCUT2D eigenvalue weighted by Crippen LogP contribution is 2.34. The molecule has 5 heteroatoms. The number of ether oxygens (including phenoxy) is 1. The molecule has 0 saturated heterocycles. The number of nitrogen functional groups attached to an aromatic ring is 1. The summed E-state index contributed by atoms with van der Waals surface area (Å²) in [6, 6.07) is 7.62. The van der Waals surface area contributed by atoms with Gasteiger partial charge < -0.3 is 15.4 Å². The summed E-state index contributed by atoms with van der Waals surface area (Å²) in [6.07, 6.45) is 2.58. The normalized spacial score (nSPS) is 14.3. The van der Waals surface area contributed by atoms with Crippen molar-refractivity contribution in [2.45, 2.75) is 33.1 Å². The van der Waals surface area contributed by atoms with Crippen LogP contribution in [0.3, 0.4) is 0 Å². The maximum Gasteiger partial charge on any atom is 0.265 e. The monoisotopic (exact) mass is 287 g/mol. The Balaban J connectivity index is 1.99. The van der Waals surface area contributed by atoms with Gasteiger partial charge in [0, 0.05) is 12.2 Å². The molecule has 0 spiro atoms. The third kappa shape index (κ3) is 3.66. The van der Waals surface area contributed by atoms with Gasteiger partial charge in [-0.2, -0.15) is 5.26 Å². The van der Waals surface area contributed by atoms with Gasteiger partial charge in [0.25, 0.3) is 5.91 Å². The van der Waals surface area contributed by atoms with Crippen molar-refractivity contribution in [3.8, 4) is 11.8 Å². The van der Waals surface area contributed by atoms with Crippen molar-refractivity contribution < 1.29 is 9.53 Å². The van der Waals surface area contributed by atoms with Crippen molar-refractivity contribution in [3.05, 3.63) is 18.2 Å². The first kappa shape index (κ1) is 15.2. The molecule has 2 N–H and O–H groups in total. The van der Waals surface area contributed by atoms with Gasteiger partial charge in [0.1, 0.15) is 5.75 Å². The summed E-state index contributed by atoms with van der Waals surface area (Å²) in [5, 5.41) is 9.00. The molecule has 5 nitrogen and oxygen atoms in total. The number of nitriles is 1. The zero-order valence-electron chi connectivity index (χ0n) is 12.6. The van der Waals surface area contributed by atoms with Crippen LogP contribution in [-0.4, -0.2) is 19.1 Å². The first-order chi connectivity index (χ1) is 9.93. The number of nitrogens with zero attached hydrogens (tertiary/aromatic N) is 2. The lowest BCUT2D eigenvalue weighted by atomic mass is 9.89. The molecule has 0 atom stereocenters. The first-order valence-corrected chi connectivity index (χ1v) is 7.17. The average molecular weight is 287 g/mol. The van der Waals surface area contributed by atoms with Crippen molar-refractivity contribution in [2.75, 3.05) is 23.8 Å². The number of carbonyl (C=O) groups excluding carboxylic acids is 1. The Morgan fingerprint density at radius 3 is 2.90 bits per heavy atom. The Kier molecular flexibility index (Phi) is 4.37. The van der Waals surface area contributed by atoms with E-state index in [0.29, 0.717) is 18.0 Å². The van der Waals surface area contributed by atoms with E-state index in [1.54, 1.807) is 23.1 Å². The Morgan fingerprint density at radius 1 is 1.43 bits per heavy atom. The predicted molar refractivity (Wildman–Crippen MR) is 81.9 cm³/mol. The van der Waals surface area contributed by atoms with Crippen LogP contribution in [0, 0.1) is 16.7 Å². The number of anilines is 2. The largest absolute Gasteiger partial charge is 0.482 e. The molecule has 1 aliphatic rings. The molecule has 1 amide bonds. The molecule has 1 heterocycles. The van der Waals surface area contributed by atoms with E-state index in [1.165, 1.54) is 0 Å². The van der Waals surface area contributed by atoms with E-state index in [4.69, 9.17) is 15.7 Å². The molecule has 0 aliphatic carbocycles. The summed E-state index contributed by atoms with van der Waals surface area (Å²) < 4.78 is 5.41. The number of benzene rings is 1. The van der Waals surface area contributed by atoms with Crippen LogP contribution in [0.2, 0.25) is 0 Å². The van der Waals surface area contributed by atoms with E-state index in [1.807, 2.05) is 13.8 Å². The van der Waals surface area contributed by atoms with E-state index in [9.17, 15) is 4.79 Å². The van der Waals surface area contributed by atoms with Crippen LogP contribution in [-0.2, 0) is 4.79 Å². The third-order valence-corrected chi connectivity index (χ3v) is 3.66. The second kappa shape index (κ2) is 6.04. The molecule has 21 heavy (non-hydrogen) atoms. The molecule has 1 aromatic rings. The van der Waals surface area contributed by atoms with Crippen molar-refractivity contribution in [1.29, 1.82) is 5.26 Å². The molecule has 112 valence electrons. The molecule has 1 aromatic carbocycles. The number of rotatable bonds is 5. The highest BCUT2D eigenvalue weighted by Gasteiger charge is 2.25. The fourth-order valence-corrected chi connectivity index (χ4v) is 2.36. The van der Waals surface area contributed by atoms with Crippen LogP contribution in [0.1, 0.15) is 33.1 Å². The summed E-state index contributed by atoms with van der Waals surface area (Å²) >= 11 is 0. The molecule has 2 rings (SSSR count). The predicted octanol–water partition coefficient (Wildman–Crippen LogP) is 2.71. The lowest BCUT2D eigenvalue weighted by Gasteiger charge is -2.29. The van der Waals surface area contributed by atoms with Crippen LogP contribution < -0.4 is 15.4 Å². The zero-order valence-corrected chi connectivity index (χ0v) is 12.6. The highest BCUT2D eigenvalue weighted by atomic mass is 16.5. The van der Waals surface area contributed by atoms with Gasteiger partial charge >= 0.3 is 0 Å². The van der Waals surface area contributed by atoms with Crippen LogP contribution in [0.25, 0.3) is 0 Å². The molecular formula is C16H21N3O2. The molecule has 0 saturated carbocycles. The molecule has 1 aliphatic heterocycles. The Hall–Kier alpha value is -2.22. The van der Waals surface area contributed by atoms with Gasteiger partial charge in [0.15, 0.2) is 6.61 Å². The SMILES string of the molecule is CC(C)(C#N)CCCCN1C(=O)COc2ccc(N)cc21. The van der Waals surface area contributed by atoms with Gasteiger partial charge in [-0.1, -0.05) is 6.42 Å². The maximum atomic E-state index is 12.0. The van der Waals surface area contributed by atoms with E-state index in [-0.39, 0.29) is 17.9 Å². The minimum Gasteiger partial charge on any atom is -0.482 e. The summed E-state index contributed by atoms with van der Waals surface area (Å²) in [6.45, 7) is 4.56. The fraction of sp³-hybridized carbons (Fsp3) is 0.500. The second-order valence-corrected chi connectivity index (χ2v) is 6.01. The summed E-state index contributed by atoms with van der Waals surface area (Å²) in [5.41, 5.74) is 6.84. The minimum atomic E-state index is -0.308. The summed E-state index contributed by atoms with van der Waals surface area (Å²) in [4.78, 5) is 13.8. The van der Waals surface area contributed by atoms with Gasteiger partial charge in [-0.3, -0.25) is 4.79 Å². The quantitative estimate of drug-likeness (QED) is 0.667. The van der Waals surface area contributed by atoms with Crippen molar-refractivity contribution >= 4 is 17.3 Å². The number of hydrogen-bond acceptors (Lipinski definition) is 4. The number of fused-ring (bicyclic) bond motifs is 1. The summed E-state index contributed by atoms with van der Waals surface area (Å²) in [7, 11) is 0. The standard InChI is InChI=1S/C16H21N3O2/c1-16(2,11-17)7-3-4-8-19-13-9-12(18)5-6-14(13)21-10-15(19)20/h5-6,9H,3-4,7-8,10,18H2,1-2H3. The zero-order chi connectivity index (χ0) is 15.5. The molecule has 0 unspecified atom stereocenters. The van der Waals surface area contributed by atoms with E-state index >= 15 is 0 Å². The maximum absolute atomic E-state index is 12.0. The molecule has 0 fully saturated rings. The van der Waals surface area contributed by atoms with Crippen molar-refractivity contribution in [2.24, 2.45) is 5.41 Å². The Labute approximate surface area is 125 Å². The minimum absolute atomic E-state index is 0.0485. The van der Waals surface area contributed by atoms with Crippen LogP contribution in [0.5, 0.6) is 5.75 Å². The van der Waals surface area contributed by atoms with Gasteiger partial charge in [-0.15, -0.1) is 0 Å².